The van der Waals surface area contributed by atoms with Gasteiger partial charge in [-0.05, 0) is 43.3 Å². The number of H-pyrrole nitrogens is 1. The number of tetrazole rings is 1. The molecule has 1 aromatic heterocycles. The molecule has 2 aromatic carbocycles. The third kappa shape index (κ3) is 3.66. The average Bonchev–Trinajstić information content (AvgIpc) is 3.35. The summed E-state index contributed by atoms with van der Waals surface area (Å²) in [6, 6.07) is 11.1. The maximum atomic E-state index is 12.6. The Balaban J connectivity index is 1.51. The molecule has 28 heavy (non-hydrogen) atoms. The molecule has 8 heteroatoms. The van der Waals surface area contributed by atoms with E-state index in [1.807, 2.05) is 32.0 Å². The largest absolute Gasteiger partial charge is 0.494 e. The Morgan fingerprint density at radius 1 is 1.36 bits per heavy atom. The lowest BCUT2D eigenvalue weighted by Crippen LogP contribution is -2.23. The lowest BCUT2D eigenvalue weighted by atomic mass is 10.1. The predicted octanol–water partition coefficient (Wildman–Crippen LogP) is 2.52. The van der Waals surface area contributed by atoms with Gasteiger partial charge < -0.3 is 14.8 Å². The Kier molecular flexibility index (Phi) is 4.92. The van der Waals surface area contributed by atoms with Crippen LogP contribution in [-0.2, 0) is 13.0 Å². The van der Waals surface area contributed by atoms with E-state index in [4.69, 9.17) is 9.47 Å². The van der Waals surface area contributed by atoms with E-state index in [2.05, 4.69) is 25.9 Å². The molecule has 0 spiro atoms. The third-order valence-corrected chi connectivity index (χ3v) is 4.55. The Morgan fingerprint density at radius 3 is 3.04 bits per heavy atom. The van der Waals surface area contributed by atoms with Crippen LogP contribution >= 0.6 is 0 Å². The van der Waals surface area contributed by atoms with Gasteiger partial charge in [-0.1, -0.05) is 12.1 Å². The van der Waals surface area contributed by atoms with Gasteiger partial charge in [0.05, 0.1) is 6.61 Å². The van der Waals surface area contributed by atoms with Crippen LogP contribution in [0.4, 0.5) is 0 Å². The summed E-state index contributed by atoms with van der Waals surface area (Å²) in [7, 11) is 0. The number of rotatable bonds is 6. The van der Waals surface area contributed by atoms with Crippen LogP contribution in [0.3, 0.4) is 0 Å². The lowest BCUT2D eigenvalue weighted by molar-refractivity contribution is 0.0950. The monoisotopic (exact) mass is 379 g/mol. The number of hydrogen-bond donors (Lipinski definition) is 2. The maximum Gasteiger partial charge on any atom is 0.251 e. The van der Waals surface area contributed by atoms with E-state index in [1.54, 1.807) is 18.2 Å². The van der Waals surface area contributed by atoms with Crippen LogP contribution in [0.1, 0.15) is 35.3 Å². The van der Waals surface area contributed by atoms with Crippen molar-refractivity contribution in [3.05, 3.63) is 53.1 Å². The SMILES string of the molecule is CCOc1cc2c(cc1CNC(=O)c1cccc(-c3nn[nH]n3)c1)OC(C)C2. The van der Waals surface area contributed by atoms with Crippen molar-refractivity contribution in [3.63, 3.8) is 0 Å². The minimum Gasteiger partial charge on any atom is -0.494 e. The van der Waals surface area contributed by atoms with Crippen molar-refractivity contribution in [2.45, 2.75) is 32.9 Å². The van der Waals surface area contributed by atoms with E-state index in [1.165, 1.54) is 0 Å². The molecule has 4 rings (SSSR count). The molecule has 0 saturated heterocycles. The number of aromatic nitrogens is 4. The molecule has 1 atom stereocenters. The van der Waals surface area contributed by atoms with Crippen molar-refractivity contribution in [2.75, 3.05) is 6.61 Å². The number of carbonyl (C=O) groups excluding carboxylic acids is 1. The van der Waals surface area contributed by atoms with Crippen LogP contribution in [0, 0.1) is 0 Å². The van der Waals surface area contributed by atoms with Crippen molar-refractivity contribution in [2.24, 2.45) is 0 Å². The van der Waals surface area contributed by atoms with Crippen molar-refractivity contribution in [1.29, 1.82) is 0 Å². The number of ether oxygens (including phenoxy) is 2. The molecular formula is C20H21N5O3. The van der Waals surface area contributed by atoms with Gasteiger partial charge in [-0.25, -0.2) is 0 Å². The van der Waals surface area contributed by atoms with Crippen LogP contribution in [0.2, 0.25) is 0 Å². The highest BCUT2D eigenvalue weighted by Crippen LogP contribution is 2.35. The normalized spacial score (nSPS) is 15.0. The highest BCUT2D eigenvalue weighted by atomic mass is 16.5. The molecule has 2 N–H and O–H groups in total. The summed E-state index contributed by atoms with van der Waals surface area (Å²) in [5, 5.41) is 16.8. The van der Waals surface area contributed by atoms with E-state index >= 15 is 0 Å². The summed E-state index contributed by atoms with van der Waals surface area (Å²) in [4.78, 5) is 12.6. The van der Waals surface area contributed by atoms with Gasteiger partial charge in [-0.3, -0.25) is 4.79 Å². The van der Waals surface area contributed by atoms with E-state index in [-0.39, 0.29) is 12.0 Å². The molecule has 0 radical (unpaired) electrons. The van der Waals surface area contributed by atoms with Gasteiger partial charge in [-0.2, -0.15) is 5.21 Å². The van der Waals surface area contributed by atoms with Crippen molar-refractivity contribution < 1.29 is 14.3 Å². The summed E-state index contributed by atoms with van der Waals surface area (Å²) in [6.07, 6.45) is 1.02. The Morgan fingerprint density at radius 2 is 2.25 bits per heavy atom. The number of aromatic amines is 1. The summed E-state index contributed by atoms with van der Waals surface area (Å²) in [5.41, 5.74) is 3.26. The molecular weight excluding hydrogens is 358 g/mol. The Hall–Kier alpha value is -3.42. The topological polar surface area (TPSA) is 102 Å². The smallest absolute Gasteiger partial charge is 0.251 e. The quantitative estimate of drug-likeness (QED) is 0.682. The van der Waals surface area contributed by atoms with E-state index in [0.29, 0.717) is 24.5 Å². The minimum absolute atomic E-state index is 0.155. The van der Waals surface area contributed by atoms with E-state index in [9.17, 15) is 4.79 Å². The zero-order chi connectivity index (χ0) is 19.5. The van der Waals surface area contributed by atoms with Crippen LogP contribution < -0.4 is 14.8 Å². The maximum absolute atomic E-state index is 12.6. The van der Waals surface area contributed by atoms with Crippen LogP contribution in [0.15, 0.2) is 36.4 Å². The number of fused-ring (bicyclic) bond motifs is 1. The van der Waals surface area contributed by atoms with Crippen molar-refractivity contribution in [1.82, 2.24) is 25.9 Å². The van der Waals surface area contributed by atoms with Gasteiger partial charge in [-0.15, -0.1) is 10.2 Å². The molecule has 0 fully saturated rings. The molecule has 0 aliphatic carbocycles. The second kappa shape index (κ2) is 7.67. The van der Waals surface area contributed by atoms with Gasteiger partial charge in [0.2, 0.25) is 5.82 Å². The predicted molar refractivity (Wildman–Crippen MR) is 102 cm³/mol. The fraction of sp³-hybridized carbons (Fsp3) is 0.300. The summed E-state index contributed by atoms with van der Waals surface area (Å²) >= 11 is 0. The molecule has 3 aromatic rings. The first-order valence-corrected chi connectivity index (χ1v) is 9.21. The average molecular weight is 379 g/mol. The first-order chi connectivity index (χ1) is 13.6. The molecule has 0 saturated carbocycles. The second-order valence-electron chi connectivity index (χ2n) is 6.63. The van der Waals surface area contributed by atoms with Crippen LogP contribution in [0.25, 0.3) is 11.4 Å². The van der Waals surface area contributed by atoms with E-state index < -0.39 is 0 Å². The molecule has 0 bridgehead atoms. The summed E-state index contributed by atoms with van der Waals surface area (Å²) < 4.78 is 11.6. The second-order valence-corrected chi connectivity index (χ2v) is 6.63. The van der Waals surface area contributed by atoms with Crippen LogP contribution in [-0.4, -0.2) is 39.2 Å². The molecule has 1 aliphatic rings. The molecule has 1 aliphatic heterocycles. The molecule has 2 heterocycles. The number of hydrogen-bond acceptors (Lipinski definition) is 6. The highest BCUT2D eigenvalue weighted by Gasteiger charge is 2.22. The molecule has 1 amide bonds. The fourth-order valence-corrected chi connectivity index (χ4v) is 3.27. The molecule has 1 unspecified atom stereocenters. The number of nitrogens with zero attached hydrogens (tertiary/aromatic N) is 3. The fourth-order valence-electron chi connectivity index (χ4n) is 3.27. The van der Waals surface area contributed by atoms with Gasteiger partial charge in [0.15, 0.2) is 0 Å². The van der Waals surface area contributed by atoms with Gasteiger partial charge >= 0.3 is 0 Å². The van der Waals surface area contributed by atoms with Gasteiger partial charge in [0.25, 0.3) is 5.91 Å². The number of benzene rings is 2. The summed E-state index contributed by atoms with van der Waals surface area (Å²) in [5.74, 6) is 1.89. The Bertz CT molecular complexity index is 988. The van der Waals surface area contributed by atoms with Crippen molar-refractivity contribution in [3.8, 4) is 22.9 Å². The zero-order valence-electron chi connectivity index (χ0n) is 15.7. The first kappa shape index (κ1) is 18.0. The number of carbonyl (C=O) groups is 1. The Labute approximate surface area is 162 Å². The molecule has 144 valence electrons. The molecule has 8 nitrogen and oxygen atoms in total. The van der Waals surface area contributed by atoms with Crippen molar-refractivity contribution >= 4 is 5.91 Å². The third-order valence-electron chi connectivity index (χ3n) is 4.55. The first-order valence-electron chi connectivity index (χ1n) is 9.21. The number of nitrogens with one attached hydrogen (secondary N) is 2. The number of amides is 1. The standard InChI is InChI=1S/C20H21N5O3/c1-3-27-17-9-15-7-12(2)28-18(15)10-16(17)11-21-20(26)14-6-4-5-13(8-14)19-22-24-25-23-19/h4-6,8-10,12H,3,7,11H2,1-2H3,(H,21,26)(H,22,23,24,25). The van der Waals surface area contributed by atoms with Gasteiger partial charge in [0, 0.05) is 35.2 Å². The highest BCUT2D eigenvalue weighted by molar-refractivity contribution is 5.95. The van der Waals surface area contributed by atoms with E-state index in [0.717, 1.165) is 34.6 Å². The van der Waals surface area contributed by atoms with Crippen LogP contribution in [0.5, 0.6) is 11.5 Å². The van der Waals surface area contributed by atoms with Gasteiger partial charge in [0.1, 0.15) is 17.6 Å². The minimum atomic E-state index is -0.192. The zero-order valence-corrected chi connectivity index (χ0v) is 15.7. The summed E-state index contributed by atoms with van der Waals surface area (Å²) in [6.45, 7) is 4.88. The lowest BCUT2D eigenvalue weighted by Gasteiger charge is -2.13.